The number of nitrogens with zero attached hydrogens (tertiary/aromatic N) is 1. The minimum Gasteiger partial charge on any atom is -0.478 e. The van der Waals surface area contributed by atoms with Crippen molar-refractivity contribution in [2.75, 3.05) is 26.4 Å². The van der Waals surface area contributed by atoms with Crippen molar-refractivity contribution >= 4 is 29.3 Å². The number of hydrogen-bond donors (Lipinski definition) is 2. The fraction of sp³-hybridized carbons (Fsp3) is 0.385. The van der Waals surface area contributed by atoms with E-state index in [2.05, 4.69) is 0 Å². The van der Waals surface area contributed by atoms with Crippen molar-refractivity contribution in [1.82, 2.24) is 4.90 Å². The molecule has 0 aliphatic carbocycles. The number of carboxylic acid groups (broad SMARTS) is 1. The third-order valence-corrected chi connectivity index (χ3v) is 3.91. The highest BCUT2D eigenvalue weighted by Gasteiger charge is 2.29. The normalized spacial score (nSPS) is 19.4. The van der Waals surface area contributed by atoms with Crippen LogP contribution in [-0.4, -0.2) is 59.4 Å². The van der Waals surface area contributed by atoms with E-state index in [1.54, 1.807) is 16.3 Å². The molecule has 7 heteroatoms. The van der Waals surface area contributed by atoms with Gasteiger partial charge in [0.1, 0.15) is 0 Å². The van der Waals surface area contributed by atoms with Gasteiger partial charge < -0.3 is 19.8 Å². The average molecular weight is 297 g/mol. The zero-order valence-electron chi connectivity index (χ0n) is 10.7. The predicted octanol–water partition coefficient (Wildman–Crippen LogP) is 0.679. The molecule has 1 unspecified atom stereocenters. The lowest BCUT2D eigenvalue weighted by atomic mass is 10.2. The minimum atomic E-state index is -1.06. The van der Waals surface area contributed by atoms with Crippen LogP contribution in [0.1, 0.15) is 15.2 Å². The molecule has 1 aliphatic rings. The second-order valence-electron chi connectivity index (χ2n) is 4.29. The third kappa shape index (κ3) is 3.24. The lowest BCUT2D eigenvalue weighted by Gasteiger charge is -2.34. The van der Waals surface area contributed by atoms with Crippen LogP contribution in [0.25, 0.3) is 6.08 Å². The quantitative estimate of drug-likeness (QED) is 0.798. The van der Waals surface area contributed by atoms with E-state index >= 15 is 0 Å². The first-order valence-corrected chi connectivity index (χ1v) is 6.99. The number of carbonyl (C=O) groups excluding carboxylic acids is 1. The van der Waals surface area contributed by atoms with Crippen LogP contribution in [0.15, 0.2) is 17.5 Å². The van der Waals surface area contributed by atoms with Gasteiger partial charge in [0.15, 0.2) is 0 Å². The minimum absolute atomic E-state index is 0.155. The Morgan fingerprint density at radius 3 is 3.05 bits per heavy atom. The van der Waals surface area contributed by atoms with Crippen molar-refractivity contribution in [2.45, 2.75) is 6.04 Å². The van der Waals surface area contributed by atoms with Crippen molar-refractivity contribution in [3.05, 3.63) is 28.0 Å². The standard InChI is InChI=1S/C13H15NO5S/c15-7-10-8-19-5-4-14(10)13(18)12-9(3-6-20-12)1-2-11(16)17/h1-3,6,10,15H,4-5,7-8H2,(H,16,17)/b2-1+. The molecular weight excluding hydrogens is 282 g/mol. The van der Waals surface area contributed by atoms with Gasteiger partial charge in [-0.15, -0.1) is 11.3 Å². The van der Waals surface area contributed by atoms with Crippen LogP contribution in [-0.2, 0) is 9.53 Å². The van der Waals surface area contributed by atoms with Gasteiger partial charge in [0.05, 0.1) is 30.7 Å². The van der Waals surface area contributed by atoms with Crippen molar-refractivity contribution in [3.63, 3.8) is 0 Å². The molecule has 0 saturated carbocycles. The van der Waals surface area contributed by atoms with Crippen LogP contribution in [0.4, 0.5) is 0 Å². The molecule has 1 saturated heterocycles. The molecule has 6 nitrogen and oxygen atoms in total. The Bertz CT molecular complexity index is 525. The van der Waals surface area contributed by atoms with E-state index in [1.165, 1.54) is 17.4 Å². The van der Waals surface area contributed by atoms with Gasteiger partial charge in [-0.2, -0.15) is 0 Å². The van der Waals surface area contributed by atoms with E-state index in [0.29, 0.717) is 30.2 Å². The predicted molar refractivity (Wildman–Crippen MR) is 73.7 cm³/mol. The Morgan fingerprint density at radius 2 is 2.35 bits per heavy atom. The lowest BCUT2D eigenvalue weighted by molar-refractivity contribution is -0.131. The summed E-state index contributed by atoms with van der Waals surface area (Å²) in [7, 11) is 0. The Balaban J connectivity index is 2.20. The number of aliphatic carboxylic acids is 1. The zero-order valence-corrected chi connectivity index (χ0v) is 11.5. The number of aliphatic hydroxyl groups is 1. The third-order valence-electron chi connectivity index (χ3n) is 2.99. The smallest absolute Gasteiger partial charge is 0.328 e. The summed E-state index contributed by atoms with van der Waals surface area (Å²) < 4.78 is 5.24. The largest absolute Gasteiger partial charge is 0.478 e. The van der Waals surface area contributed by atoms with Crippen molar-refractivity contribution < 1.29 is 24.5 Å². The average Bonchev–Trinajstić information content (AvgIpc) is 2.92. The Labute approximate surface area is 119 Å². The number of thiophene rings is 1. The summed E-state index contributed by atoms with van der Waals surface area (Å²) in [6, 6.07) is 1.35. The Hall–Kier alpha value is -1.70. The Morgan fingerprint density at radius 1 is 1.55 bits per heavy atom. The topological polar surface area (TPSA) is 87.1 Å². The maximum Gasteiger partial charge on any atom is 0.328 e. The molecule has 2 N–H and O–H groups in total. The highest BCUT2D eigenvalue weighted by Crippen LogP contribution is 2.22. The highest BCUT2D eigenvalue weighted by molar-refractivity contribution is 7.12. The highest BCUT2D eigenvalue weighted by atomic mass is 32.1. The number of rotatable bonds is 4. The molecule has 0 spiro atoms. The monoisotopic (exact) mass is 297 g/mol. The fourth-order valence-electron chi connectivity index (χ4n) is 1.99. The second-order valence-corrected chi connectivity index (χ2v) is 5.20. The summed E-state index contributed by atoms with van der Waals surface area (Å²) in [6.07, 6.45) is 2.40. The van der Waals surface area contributed by atoms with Gasteiger partial charge in [-0.25, -0.2) is 4.79 Å². The van der Waals surface area contributed by atoms with E-state index in [-0.39, 0.29) is 18.6 Å². The molecule has 1 aromatic rings. The Kier molecular flexibility index (Phi) is 4.89. The van der Waals surface area contributed by atoms with Crippen LogP contribution in [0.3, 0.4) is 0 Å². The van der Waals surface area contributed by atoms with E-state index < -0.39 is 5.97 Å². The fourth-order valence-corrected chi connectivity index (χ4v) is 2.83. The summed E-state index contributed by atoms with van der Waals surface area (Å²) in [6.45, 7) is 1.02. The van der Waals surface area contributed by atoms with E-state index in [0.717, 1.165) is 6.08 Å². The van der Waals surface area contributed by atoms with Crippen LogP contribution in [0.2, 0.25) is 0 Å². The number of aliphatic hydroxyl groups excluding tert-OH is 1. The molecular formula is C13H15NO5S. The molecule has 20 heavy (non-hydrogen) atoms. The van der Waals surface area contributed by atoms with Crippen molar-refractivity contribution in [1.29, 1.82) is 0 Å². The molecule has 1 aliphatic heterocycles. The van der Waals surface area contributed by atoms with Crippen molar-refractivity contribution in [3.8, 4) is 0 Å². The molecule has 0 bridgehead atoms. The van der Waals surface area contributed by atoms with Crippen LogP contribution in [0, 0.1) is 0 Å². The van der Waals surface area contributed by atoms with Crippen molar-refractivity contribution in [2.24, 2.45) is 0 Å². The molecule has 108 valence electrons. The van der Waals surface area contributed by atoms with E-state index in [1.807, 2.05) is 0 Å². The van der Waals surface area contributed by atoms with Gasteiger partial charge in [-0.3, -0.25) is 4.79 Å². The summed E-state index contributed by atoms with van der Waals surface area (Å²) in [5.41, 5.74) is 0.575. The molecule has 0 radical (unpaired) electrons. The van der Waals surface area contributed by atoms with Gasteiger partial charge in [-0.05, 0) is 23.1 Å². The number of carboxylic acids is 1. The van der Waals surface area contributed by atoms with E-state index in [9.17, 15) is 14.7 Å². The molecule has 1 atom stereocenters. The second kappa shape index (κ2) is 6.65. The first-order chi connectivity index (χ1) is 9.63. The summed E-state index contributed by atoms with van der Waals surface area (Å²) in [4.78, 5) is 25.1. The molecule has 0 aromatic carbocycles. The number of hydrogen-bond acceptors (Lipinski definition) is 5. The number of morpholine rings is 1. The maximum atomic E-state index is 12.5. The van der Waals surface area contributed by atoms with Gasteiger partial charge in [-0.1, -0.05) is 0 Å². The van der Waals surface area contributed by atoms with Crippen LogP contribution in [0.5, 0.6) is 0 Å². The first-order valence-electron chi connectivity index (χ1n) is 6.11. The summed E-state index contributed by atoms with van der Waals surface area (Å²) in [5, 5.41) is 19.7. The SMILES string of the molecule is O=C(O)/C=C/c1ccsc1C(=O)N1CCOCC1CO. The summed E-state index contributed by atoms with van der Waals surface area (Å²) in [5.74, 6) is -1.26. The molecule has 1 amide bonds. The summed E-state index contributed by atoms with van der Waals surface area (Å²) >= 11 is 1.26. The number of ether oxygens (including phenoxy) is 1. The lowest BCUT2D eigenvalue weighted by Crippen LogP contribution is -2.50. The first kappa shape index (κ1) is 14.7. The van der Waals surface area contributed by atoms with Crippen LogP contribution < -0.4 is 0 Å². The van der Waals surface area contributed by atoms with Crippen LogP contribution >= 0.6 is 11.3 Å². The number of carbonyl (C=O) groups is 2. The molecule has 1 fully saturated rings. The zero-order chi connectivity index (χ0) is 14.5. The molecule has 1 aromatic heterocycles. The van der Waals surface area contributed by atoms with Gasteiger partial charge >= 0.3 is 5.97 Å². The molecule has 2 rings (SSSR count). The number of amides is 1. The maximum absolute atomic E-state index is 12.5. The van der Waals surface area contributed by atoms with Gasteiger partial charge in [0, 0.05) is 12.6 Å². The van der Waals surface area contributed by atoms with Gasteiger partial charge in [0.25, 0.3) is 5.91 Å². The van der Waals surface area contributed by atoms with Gasteiger partial charge in [0.2, 0.25) is 0 Å². The van der Waals surface area contributed by atoms with E-state index in [4.69, 9.17) is 9.84 Å². The molecule has 2 heterocycles.